The molecule has 0 spiro atoms. The van der Waals surface area contributed by atoms with Gasteiger partial charge in [-0.05, 0) is 141 Å². The molecule has 80 heavy (non-hydrogen) atoms. The minimum absolute atomic E-state index is 0.0972. The molecule has 0 aliphatic carbocycles. The molecule has 6 nitrogen and oxygen atoms in total. The highest BCUT2D eigenvalue weighted by Crippen LogP contribution is 2.15. The first kappa shape index (κ1) is 75.3. The van der Waals surface area contributed by atoms with Gasteiger partial charge in [-0.15, -0.1) is 0 Å². The third-order valence-corrected chi connectivity index (χ3v) is 13.6. The normalized spacial score (nSPS) is 13.1. The molecule has 0 aromatic rings. The maximum absolute atomic E-state index is 12.9. The topological polar surface area (TPSA) is 78.9 Å². The number of carbonyl (C=O) groups is 3. The van der Waals surface area contributed by atoms with E-state index in [1.807, 2.05) is 0 Å². The summed E-state index contributed by atoms with van der Waals surface area (Å²) < 4.78 is 16.9. The highest BCUT2D eigenvalue weighted by molar-refractivity contribution is 5.71. The van der Waals surface area contributed by atoms with E-state index < -0.39 is 6.10 Å². The van der Waals surface area contributed by atoms with Crippen LogP contribution < -0.4 is 0 Å². The molecule has 0 fully saturated rings. The van der Waals surface area contributed by atoms with Crippen LogP contribution in [0.2, 0.25) is 0 Å². The summed E-state index contributed by atoms with van der Waals surface area (Å²) in [5, 5.41) is 0. The zero-order valence-corrected chi connectivity index (χ0v) is 51.8. The maximum atomic E-state index is 12.9. The molecule has 0 aliphatic heterocycles. The first-order valence-electron chi connectivity index (χ1n) is 32.8. The number of allylic oxidation sites excluding steroid dienone is 24. The molecule has 0 radical (unpaired) electrons. The maximum Gasteiger partial charge on any atom is 0.306 e. The lowest BCUT2D eigenvalue weighted by Gasteiger charge is -2.18. The van der Waals surface area contributed by atoms with Gasteiger partial charge in [-0.25, -0.2) is 0 Å². The van der Waals surface area contributed by atoms with E-state index in [2.05, 4.69) is 167 Å². The van der Waals surface area contributed by atoms with Crippen molar-refractivity contribution in [1.29, 1.82) is 0 Å². The van der Waals surface area contributed by atoms with E-state index >= 15 is 0 Å². The van der Waals surface area contributed by atoms with Crippen LogP contribution >= 0.6 is 0 Å². The summed E-state index contributed by atoms with van der Waals surface area (Å²) in [5.74, 6) is -0.929. The van der Waals surface area contributed by atoms with Gasteiger partial charge in [-0.1, -0.05) is 269 Å². The number of ether oxygens (including phenoxy) is 3. The average molecular weight is 1110 g/mol. The molecule has 0 amide bonds. The van der Waals surface area contributed by atoms with Crippen molar-refractivity contribution in [3.05, 3.63) is 146 Å². The Morgan fingerprint density at radius 2 is 0.487 bits per heavy atom. The second-order valence-corrected chi connectivity index (χ2v) is 21.3. The minimum atomic E-state index is -0.802. The van der Waals surface area contributed by atoms with Gasteiger partial charge < -0.3 is 14.2 Å². The Kier molecular flexibility index (Phi) is 62.9. The average Bonchev–Trinajstić information content (AvgIpc) is 3.46. The third kappa shape index (κ3) is 64.1. The smallest absolute Gasteiger partial charge is 0.306 e. The lowest BCUT2D eigenvalue weighted by atomic mass is 10.1. The van der Waals surface area contributed by atoms with Crippen molar-refractivity contribution >= 4 is 17.9 Å². The van der Waals surface area contributed by atoms with Crippen molar-refractivity contribution in [2.45, 2.75) is 290 Å². The number of carbonyl (C=O) groups excluding carboxylic acids is 3. The van der Waals surface area contributed by atoms with Crippen LogP contribution in [0, 0.1) is 0 Å². The molecule has 0 aromatic heterocycles. The monoisotopic (exact) mass is 1100 g/mol. The first-order valence-corrected chi connectivity index (χ1v) is 32.8. The fourth-order valence-corrected chi connectivity index (χ4v) is 8.70. The molecule has 1 unspecified atom stereocenters. The number of rotatable bonds is 58. The Labute approximate surface area is 493 Å². The third-order valence-electron chi connectivity index (χ3n) is 13.6. The molecule has 0 saturated heterocycles. The summed E-state index contributed by atoms with van der Waals surface area (Å²) in [7, 11) is 0. The van der Waals surface area contributed by atoms with Crippen molar-refractivity contribution < 1.29 is 28.6 Å². The van der Waals surface area contributed by atoms with E-state index in [1.54, 1.807) is 0 Å². The number of hydrogen-bond acceptors (Lipinski definition) is 6. The van der Waals surface area contributed by atoms with E-state index in [0.717, 1.165) is 161 Å². The number of esters is 3. The summed E-state index contributed by atoms with van der Waals surface area (Å²) in [6.45, 7) is 6.38. The van der Waals surface area contributed by atoms with E-state index in [1.165, 1.54) is 83.5 Å². The molecule has 0 rings (SSSR count). The van der Waals surface area contributed by atoms with Crippen LogP contribution in [0.1, 0.15) is 284 Å². The van der Waals surface area contributed by atoms with Crippen LogP contribution in [-0.2, 0) is 28.6 Å². The number of unbranched alkanes of at least 4 members (excludes halogenated alkanes) is 23. The second kappa shape index (κ2) is 66.8. The minimum Gasteiger partial charge on any atom is -0.462 e. The zero-order valence-electron chi connectivity index (χ0n) is 51.8. The Morgan fingerprint density at radius 1 is 0.263 bits per heavy atom. The standard InChI is InChI=1S/C74H120O6/c1-4-7-10-13-16-19-22-25-28-31-32-33-34-35-36-37-38-39-40-41-42-44-46-49-52-55-58-61-64-67-73(76)79-70-71(69-78-72(75)66-63-60-57-54-51-48-45-30-27-24-21-18-15-12-9-6-3)80-74(77)68-65-62-59-56-53-50-47-43-29-26-23-20-17-14-11-8-5-2/h7-8,10-11,16-17,19-21,24-26,28-30,32-33,35-36,38-39,41-42,45,71H,4-6,9,12-15,18,22-23,27,31,34,37,40,43-44,46-70H2,1-3H3/b10-7-,11-8-,19-16-,20-17-,24-21-,28-25-,29-26-,33-32-,36-35-,39-38-,42-41-,45-30-. The zero-order chi connectivity index (χ0) is 57.8. The number of hydrogen-bond donors (Lipinski definition) is 0. The predicted molar refractivity (Wildman–Crippen MR) is 348 cm³/mol. The van der Waals surface area contributed by atoms with Crippen LogP contribution in [0.15, 0.2) is 146 Å². The Hall–Kier alpha value is -4.71. The SMILES string of the molecule is CC/C=C\C/C=C\C/C=C\C/C=C\C/C=C\C/C=C\C/C=C\CCCCCCCCCC(=O)OCC(COC(=O)CCCCCCC/C=C\C/C=C\CCCCCC)OC(=O)CCCCCCCCC/C=C\C/C=C\C/C=C\CC. The van der Waals surface area contributed by atoms with Crippen LogP contribution in [0.25, 0.3) is 0 Å². The Bertz CT molecular complexity index is 1750. The van der Waals surface area contributed by atoms with Crippen LogP contribution in [0.3, 0.4) is 0 Å². The van der Waals surface area contributed by atoms with Crippen molar-refractivity contribution in [1.82, 2.24) is 0 Å². The van der Waals surface area contributed by atoms with Gasteiger partial charge in [0.25, 0.3) is 0 Å². The van der Waals surface area contributed by atoms with Gasteiger partial charge in [0.1, 0.15) is 13.2 Å². The highest BCUT2D eigenvalue weighted by Gasteiger charge is 2.19. The molecule has 0 saturated carbocycles. The van der Waals surface area contributed by atoms with E-state index in [9.17, 15) is 14.4 Å². The second-order valence-electron chi connectivity index (χ2n) is 21.3. The van der Waals surface area contributed by atoms with Crippen molar-refractivity contribution in [3.8, 4) is 0 Å². The first-order chi connectivity index (χ1) is 39.5. The van der Waals surface area contributed by atoms with Gasteiger partial charge in [0.15, 0.2) is 6.10 Å². The largest absolute Gasteiger partial charge is 0.462 e. The van der Waals surface area contributed by atoms with Gasteiger partial charge in [-0.3, -0.25) is 14.4 Å². The summed E-state index contributed by atoms with van der Waals surface area (Å²) in [4.78, 5) is 38.4. The molecular weight excluding hydrogens is 985 g/mol. The van der Waals surface area contributed by atoms with Crippen molar-refractivity contribution in [2.24, 2.45) is 0 Å². The molecule has 0 aliphatic rings. The summed E-state index contributed by atoms with van der Waals surface area (Å²) in [5.41, 5.74) is 0. The fourth-order valence-electron chi connectivity index (χ4n) is 8.70. The fraction of sp³-hybridized carbons (Fsp3) is 0.635. The molecule has 452 valence electrons. The Morgan fingerprint density at radius 3 is 0.762 bits per heavy atom. The molecular formula is C74H120O6. The Balaban J connectivity index is 4.40. The highest BCUT2D eigenvalue weighted by atomic mass is 16.6. The lowest BCUT2D eigenvalue weighted by Crippen LogP contribution is -2.30. The van der Waals surface area contributed by atoms with Crippen molar-refractivity contribution in [3.63, 3.8) is 0 Å². The predicted octanol–water partition coefficient (Wildman–Crippen LogP) is 22.7. The van der Waals surface area contributed by atoms with Crippen LogP contribution in [0.5, 0.6) is 0 Å². The molecule has 0 N–H and O–H groups in total. The van der Waals surface area contributed by atoms with E-state index in [4.69, 9.17) is 14.2 Å². The van der Waals surface area contributed by atoms with Crippen LogP contribution in [0.4, 0.5) is 0 Å². The summed E-state index contributed by atoms with van der Waals surface area (Å²) >= 11 is 0. The van der Waals surface area contributed by atoms with Gasteiger partial charge >= 0.3 is 17.9 Å². The van der Waals surface area contributed by atoms with Crippen molar-refractivity contribution in [2.75, 3.05) is 13.2 Å². The molecule has 0 bridgehead atoms. The molecule has 6 heteroatoms. The van der Waals surface area contributed by atoms with E-state index in [-0.39, 0.29) is 31.1 Å². The van der Waals surface area contributed by atoms with Gasteiger partial charge in [0.2, 0.25) is 0 Å². The summed E-state index contributed by atoms with van der Waals surface area (Å²) in [6, 6.07) is 0. The van der Waals surface area contributed by atoms with Gasteiger partial charge in [0, 0.05) is 19.3 Å². The van der Waals surface area contributed by atoms with Gasteiger partial charge in [0.05, 0.1) is 0 Å². The van der Waals surface area contributed by atoms with E-state index in [0.29, 0.717) is 19.3 Å². The van der Waals surface area contributed by atoms with Crippen LogP contribution in [-0.4, -0.2) is 37.2 Å². The quantitative estimate of drug-likeness (QED) is 0.0261. The summed E-state index contributed by atoms with van der Waals surface area (Å²) in [6.07, 6.45) is 95.6. The molecule has 1 atom stereocenters. The van der Waals surface area contributed by atoms with Gasteiger partial charge in [-0.2, -0.15) is 0 Å². The molecule has 0 aromatic carbocycles. The molecule has 0 heterocycles. The lowest BCUT2D eigenvalue weighted by molar-refractivity contribution is -0.167.